The molecule has 2 aromatic carbocycles. The van der Waals surface area contributed by atoms with Crippen LogP contribution in [0.15, 0.2) is 67.0 Å². The molecule has 0 unspecified atom stereocenters. The number of amides is 2. The molecule has 1 aliphatic rings. The minimum absolute atomic E-state index is 0.0978. The average molecular weight is 377 g/mol. The molecule has 0 atom stereocenters. The zero-order valence-electron chi connectivity index (χ0n) is 15.5. The normalized spacial score (nSPS) is 15.7. The van der Waals surface area contributed by atoms with Crippen LogP contribution in [0, 0.1) is 0 Å². The molecule has 7 heteroatoms. The Balaban J connectivity index is 1.43. The van der Waals surface area contributed by atoms with Crippen molar-refractivity contribution in [2.45, 2.75) is 18.3 Å². The maximum atomic E-state index is 12.5. The van der Waals surface area contributed by atoms with Crippen molar-refractivity contribution in [1.82, 2.24) is 20.3 Å². The third-order valence-electron chi connectivity index (χ3n) is 5.21. The van der Waals surface area contributed by atoms with Gasteiger partial charge in [-0.3, -0.25) is 0 Å². The Morgan fingerprint density at radius 3 is 2.68 bits per heavy atom. The number of rotatable bonds is 5. The maximum Gasteiger partial charge on any atom is 0.319 e. The van der Waals surface area contributed by atoms with Crippen molar-refractivity contribution in [2.75, 3.05) is 25.1 Å². The lowest BCUT2D eigenvalue weighted by Gasteiger charge is -2.38. The molecule has 1 aliphatic heterocycles. The number of hydrogen-bond donors (Lipinski definition) is 2. The van der Waals surface area contributed by atoms with Gasteiger partial charge in [0.05, 0.1) is 18.1 Å². The lowest BCUT2D eigenvalue weighted by atomic mass is 9.74. The zero-order chi connectivity index (χ0) is 19.2. The quantitative estimate of drug-likeness (QED) is 0.716. The van der Waals surface area contributed by atoms with Crippen molar-refractivity contribution in [3.05, 3.63) is 72.6 Å². The van der Waals surface area contributed by atoms with E-state index in [-0.39, 0.29) is 11.4 Å². The SMILES string of the molecule is O=C(NCC1(c2ccccc2)CCOCC1)Nc1cccc(-n2ccnn2)c1. The summed E-state index contributed by atoms with van der Waals surface area (Å²) in [5, 5.41) is 13.7. The van der Waals surface area contributed by atoms with E-state index in [9.17, 15) is 4.79 Å². The van der Waals surface area contributed by atoms with Crippen LogP contribution in [-0.2, 0) is 10.2 Å². The van der Waals surface area contributed by atoms with Crippen LogP contribution in [0.3, 0.4) is 0 Å². The summed E-state index contributed by atoms with van der Waals surface area (Å²) in [6.07, 6.45) is 5.15. The molecule has 2 N–H and O–H groups in total. The Morgan fingerprint density at radius 2 is 1.93 bits per heavy atom. The topological polar surface area (TPSA) is 81.1 Å². The lowest BCUT2D eigenvalue weighted by Crippen LogP contribution is -2.45. The van der Waals surface area contributed by atoms with Gasteiger partial charge in [0.25, 0.3) is 0 Å². The number of ether oxygens (including phenoxy) is 1. The number of nitrogens with zero attached hydrogens (tertiary/aromatic N) is 3. The van der Waals surface area contributed by atoms with Crippen LogP contribution in [0.2, 0.25) is 0 Å². The van der Waals surface area contributed by atoms with Crippen LogP contribution in [-0.4, -0.2) is 40.8 Å². The van der Waals surface area contributed by atoms with Gasteiger partial charge in [-0.25, -0.2) is 9.48 Å². The molecule has 28 heavy (non-hydrogen) atoms. The second-order valence-corrected chi connectivity index (χ2v) is 6.96. The number of benzene rings is 2. The summed E-state index contributed by atoms with van der Waals surface area (Å²) in [6.45, 7) is 1.98. The van der Waals surface area contributed by atoms with Gasteiger partial charge in [-0.2, -0.15) is 0 Å². The molecule has 0 spiro atoms. The number of nitrogens with one attached hydrogen (secondary N) is 2. The zero-order valence-corrected chi connectivity index (χ0v) is 15.5. The van der Waals surface area contributed by atoms with Gasteiger partial charge >= 0.3 is 6.03 Å². The Bertz CT molecular complexity index is 906. The molecule has 1 aromatic heterocycles. The molecular formula is C21H23N5O2. The molecule has 144 valence electrons. The molecule has 3 aromatic rings. The van der Waals surface area contributed by atoms with Gasteiger partial charge in [-0.05, 0) is 36.6 Å². The summed E-state index contributed by atoms with van der Waals surface area (Å²) < 4.78 is 7.20. The van der Waals surface area contributed by atoms with E-state index in [4.69, 9.17) is 4.74 Å². The van der Waals surface area contributed by atoms with Crippen molar-refractivity contribution < 1.29 is 9.53 Å². The predicted octanol–water partition coefficient (Wildman–Crippen LogP) is 3.14. The smallest absolute Gasteiger partial charge is 0.319 e. The molecule has 7 nitrogen and oxygen atoms in total. The number of anilines is 1. The lowest BCUT2D eigenvalue weighted by molar-refractivity contribution is 0.0508. The first-order chi connectivity index (χ1) is 13.8. The highest BCUT2D eigenvalue weighted by Crippen LogP contribution is 2.34. The number of carbonyl (C=O) groups is 1. The number of hydrogen-bond acceptors (Lipinski definition) is 4. The molecule has 4 rings (SSSR count). The summed E-state index contributed by atoms with van der Waals surface area (Å²) in [6, 6.07) is 17.6. The molecule has 2 heterocycles. The summed E-state index contributed by atoms with van der Waals surface area (Å²) in [5.74, 6) is 0. The van der Waals surface area contributed by atoms with Crippen LogP contribution in [0.4, 0.5) is 10.5 Å². The third kappa shape index (κ3) is 4.04. The summed E-state index contributed by atoms with van der Waals surface area (Å²) >= 11 is 0. The summed E-state index contributed by atoms with van der Waals surface area (Å²) in [5.41, 5.74) is 2.68. The van der Waals surface area contributed by atoms with E-state index in [0.717, 1.165) is 18.5 Å². The van der Waals surface area contributed by atoms with E-state index >= 15 is 0 Å². The molecule has 1 saturated heterocycles. The van der Waals surface area contributed by atoms with E-state index in [1.165, 1.54) is 5.56 Å². The van der Waals surface area contributed by atoms with Crippen LogP contribution in [0.1, 0.15) is 18.4 Å². The van der Waals surface area contributed by atoms with Gasteiger partial charge in [-0.15, -0.1) is 5.10 Å². The van der Waals surface area contributed by atoms with E-state index in [2.05, 4.69) is 33.1 Å². The summed E-state index contributed by atoms with van der Waals surface area (Å²) in [7, 11) is 0. The second-order valence-electron chi connectivity index (χ2n) is 6.96. The van der Waals surface area contributed by atoms with Crippen LogP contribution in [0.25, 0.3) is 5.69 Å². The van der Waals surface area contributed by atoms with Crippen molar-refractivity contribution >= 4 is 11.7 Å². The van der Waals surface area contributed by atoms with Crippen LogP contribution in [0.5, 0.6) is 0 Å². The number of aromatic nitrogens is 3. The van der Waals surface area contributed by atoms with Gasteiger partial charge in [0, 0.05) is 30.9 Å². The van der Waals surface area contributed by atoms with Crippen molar-refractivity contribution in [3.8, 4) is 5.69 Å². The van der Waals surface area contributed by atoms with Gasteiger partial charge in [0.1, 0.15) is 0 Å². The van der Waals surface area contributed by atoms with Crippen molar-refractivity contribution in [3.63, 3.8) is 0 Å². The largest absolute Gasteiger partial charge is 0.381 e. The summed E-state index contributed by atoms with van der Waals surface area (Å²) in [4.78, 5) is 12.5. The fraction of sp³-hybridized carbons (Fsp3) is 0.286. The van der Waals surface area contributed by atoms with Crippen LogP contribution < -0.4 is 10.6 Å². The van der Waals surface area contributed by atoms with Crippen molar-refractivity contribution in [2.24, 2.45) is 0 Å². The van der Waals surface area contributed by atoms with Crippen LogP contribution >= 0.6 is 0 Å². The molecule has 0 radical (unpaired) electrons. The fourth-order valence-electron chi connectivity index (χ4n) is 3.62. The second kappa shape index (κ2) is 8.22. The fourth-order valence-corrected chi connectivity index (χ4v) is 3.62. The first-order valence-electron chi connectivity index (χ1n) is 9.40. The molecule has 2 amide bonds. The van der Waals surface area contributed by atoms with E-state index in [1.54, 1.807) is 17.1 Å². The monoisotopic (exact) mass is 377 g/mol. The molecule has 0 saturated carbocycles. The van der Waals surface area contributed by atoms with Gasteiger partial charge < -0.3 is 15.4 Å². The predicted molar refractivity (Wildman–Crippen MR) is 107 cm³/mol. The molecule has 1 fully saturated rings. The van der Waals surface area contributed by atoms with E-state index in [1.807, 2.05) is 42.5 Å². The Hall–Kier alpha value is -3.19. The highest BCUT2D eigenvalue weighted by atomic mass is 16.5. The molecular weight excluding hydrogens is 354 g/mol. The van der Waals surface area contributed by atoms with E-state index in [0.29, 0.717) is 25.4 Å². The first kappa shape index (κ1) is 18.2. The average Bonchev–Trinajstić information content (AvgIpc) is 3.29. The van der Waals surface area contributed by atoms with Crippen molar-refractivity contribution in [1.29, 1.82) is 0 Å². The first-order valence-corrected chi connectivity index (χ1v) is 9.40. The molecule has 0 aliphatic carbocycles. The Kier molecular flexibility index (Phi) is 5.34. The minimum atomic E-state index is -0.225. The number of carbonyl (C=O) groups excluding carboxylic acids is 1. The minimum Gasteiger partial charge on any atom is -0.381 e. The van der Waals surface area contributed by atoms with Gasteiger partial charge in [0.2, 0.25) is 0 Å². The Morgan fingerprint density at radius 1 is 1.11 bits per heavy atom. The Labute approximate surface area is 163 Å². The molecule has 0 bridgehead atoms. The standard InChI is InChI=1S/C21H23N5O2/c27-20(24-18-7-4-8-19(15-18)26-12-11-23-25-26)22-16-21(9-13-28-14-10-21)17-5-2-1-3-6-17/h1-8,11-12,15H,9-10,13-14,16H2,(H2,22,24,27). The number of urea groups is 1. The maximum absolute atomic E-state index is 12.5. The highest BCUT2D eigenvalue weighted by molar-refractivity contribution is 5.89. The highest BCUT2D eigenvalue weighted by Gasteiger charge is 2.34. The van der Waals surface area contributed by atoms with E-state index < -0.39 is 0 Å². The third-order valence-corrected chi connectivity index (χ3v) is 5.21. The van der Waals surface area contributed by atoms with Gasteiger partial charge in [0.15, 0.2) is 0 Å². The van der Waals surface area contributed by atoms with Gasteiger partial charge in [-0.1, -0.05) is 41.6 Å².